The lowest BCUT2D eigenvalue weighted by molar-refractivity contribution is -0.129. The Morgan fingerprint density at radius 1 is 1.22 bits per heavy atom. The molecule has 4 aliphatic rings. The van der Waals surface area contributed by atoms with Crippen molar-refractivity contribution >= 4 is 11.6 Å². The highest BCUT2D eigenvalue weighted by Crippen LogP contribution is 2.62. The summed E-state index contributed by atoms with van der Waals surface area (Å²) in [5.74, 6) is 3.65. The first kappa shape index (κ1) is 15.4. The second-order valence-corrected chi connectivity index (χ2v) is 8.64. The Morgan fingerprint density at radius 3 is 2.74 bits per heavy atom. The van der Waals surface area contributed by atoms with Crippen LogP contribution in [0.5, 0.6) is 0 Å². The number of allylic oxidation sites excluding steroid dienone is 3. The molecule has 0 saturated heterocycles. The summed E-state index contributed by atoms with van der Waals surface area (Å²) in [4.78, 5) is 24.7. The van der Waals surface area contributed by atoms with Crippen LogP contribution in [0.3, 0.4) is 0 Å². The third-order valence-electron chi connectivity index (χ3n) is 7.68. The summed E-state index contributed by atoms with van der Waals surface area (Å²) in [7, 11) is 0. The summed E-state index contributed by atoms with van der Waals surface area (Å²) in [6.45, 7) is 6.87. The van der Waals surface area contributed by atoms with Gasteiger partial charge in [-0.2, -0.15) is 0 Å². The molecule has 0 bridgehead atoms. The van der Waals surface area contributed by atoms with Crippen molar-refractivity contribution in [3.8, 4) is 0 Å². The van der Waals surface area contributed by atoms with E-state index in [1.165, 1.54) is 19.3 Å². The van der Waals surface area contributed by atoms with E-state index in [1.807, 2.05) is 0 Å². The van der Waals surface area contributed by atoms with Gasteiger partial charge in [0.05, 0.1) is 0 Å². The molecule has 0 aromatic heterocycles. The van der Waals surface area contributed by atoms with Gasteiger partial charge in [-0.05, 0) is 73.7 Å². The van der Waals surface area contributed by atoms with Gasteiger partial charge < -0.3 is 0 Å². The second-order valence-electron chi connectivity index (χ2n) is 8.64. The van der Waals surface area contributed by atoms with Gasteiger partial charge in [0.2, 0.25) is 0 Å². The first-order valence-corrected chi connectivity index (χ1v) is 9.39. The molecule has 0 aliphatic heterocycles. The van der Waals surface area contributed by atoms with Gasteiger partial charge in [-0.3, -0.25) is 9.59 Å². The van der Waals surface area contributed by atoms with Crippen LogP contribution in [0.1, 0.15) is 59.3 Å². The first-order valence-electron chi connectivity index (χ1n) is 9.39. The van der Waals surface area contributed by atoms with Crippen molar-refractivity contribution in [3.05, 3.63) is 23.3 Å². The predicted molar refractivity (Wildman–Crippen MR) is 90.8 cm³/mol. The number of ketones is 2. The fourth-order valence-electron chi connectivity index (χ4n) is 6.63. The average Bonchev–Trinajstić information content (AvgIpc) is 2.96. The van der Waals surface area contributed by atoms with E-state index in [4.69, 9.17) is 0 Å². The van der Waals surface area contributed by atoms with Crippen molar-refractivity contribution < 1.29 is 9.59 Å². The monoisotopic (exact) mass is 312 g/mol. The normalized spacial score (nSPS) is 47.9. The number of carbonyl (C=O) groups is 2. The summed E-state index contributed by atoms with van der Waals surface area (Å²) < 4.78 is 0. The van der Waals surface area contributed by atoms with Gasteiger partial charge in [0, 0.05) is 18.4 Å². The van der Waals surface area contributed by atoms with E-state index in [0.29, 0.717) is 42.4 Å². The molecule has 0 heterocycles. The van der Waals surface area contributed by atoms with Gasteiger partial charge in [0.25, 0.3) is 0 Å². The van der Waals surface area contributed by atoms with Crippen LogP contribution in [0, 0.1) is 35.0 Å². The summed E-state index contributed by atoms with van der Waals surface area (Å²) in [5, 5.41) is 0. The molecular weight excluding hydrogens is 284 g/mol. The third kappa shape index (κ3) is 2.06. The van der Waals surface area contributed by atoms with E-state index in [-0.39, 0.29) is 17.0 Å². The van der Waals surface area contributed by atoms with Gasteiger partial charge in [0.1, 0.15) is 0 Å². The van der Waals surface area contributed by atoms with E-state index in [0.717, 1.165) is 12.0 Å². The minimum Gasteiger partial charge on any atom is -0.295 e. The number of Topliss-reactive ketones (excluding diaryl/α,β-unsaturated/α-hetero) is 1. The van der Waals surface area contributed by atoms with Gasteiger partial charge >= 0.3 is 0 Å². The first-order chi connectivity index (χ1) is 11.0. The highest BCUT2D eigenvalue weighted by Gasteiger charge is 2.57. The molecule has 0 aromatic carbocycles. The summed E-state index contributed by atoms with van der Waals surface area (Å²) in [6, 6.07) is 0. The number of hydrogen-bond donors (Lipinski definition) is 0. The van der Waals surface area contributed by atoms with E-state index in [1.54, 1.807) is 11.6 Å². The van der Waals surface area contributed by atoms with E-state index in [2.05, 4.69) is 26.8 Å². The molecule has 0 radical (unpaired) electrons. The lowest BCUT2D eigenvalue weighted by atomic mass is 9.48. The molecule has 0 N–H and O–H groups in total. The van der Waals surface area contributed by atoms with Gasteiger partial charge in [-0.15, -0.1) is 0 Å². The van der Waals surface area contributed by atoms with Crippen LogP contribution in [-0.4, -0.2) is 11.6 Å². The van der Waals surface area contributed by atoms with Crippen molar-refractivity contribution in [1.82, 2.24) is 0 Å². The van der Waals surface area contributed by atoms with Crippen molar-refractivity contribution in [2.45, 2.75) is 59.3 Å². The number of hydrogen-bond acceptors (Lipinski definition) is 2. The van der Waals surface area contributed by atoms with Crippen molar-refractivity contribution in [2.75, 3.05) is 0 Å². The third-order valence-corrected chi connectivity index (χ3v) is 7.68. The molecular formula is C21H28O2. The summed E-state index contributed by atoms with van der Waals surface area (Å²) in [6.07, 6.45) is 9.93. The van der Waals surface area contributed by atoms with E-state index in [9.17, 15) is 9.59 Å². The largest absolute Gasteiger partial charge is 0.295 e. The Morgan fingerprint density at radius 2 is 2.00 bits per heavy atom. The SMILES string of the molecule is CC=C1CCC2C3CC(=O)C4=CC(=O)CC[C@]4(C)C3C[C@@H](C)C12. The fourth-order valence-corrected chi connectivity index (χ4v) is 6.63. The molecule has 0 amide bonds. The minimum absolute atomic E-state index is 0.0498. The van der Waals surface area contributed by atoms with Crippen LogP contribution >= 0.6 is 0 Å². The average molecular weight is 312 g/mol. The Bertz CT molecular complexity index is 626. The van der Waals surface area contributed by atoms with Crippen LogP contribution in [0.15, 0.2) is 23.3 Å². The van der Waals surface area contributed by atoms with Crippen LogP contribution in [0.4, 0.5) is 0 Å². The van der Waals surface area contributed by atoms with Crippen molar-refractivity contribution in [2.24, 2.45) is 35.0 Å². The number of carbonyl (C=O) groups excluding carboxylic acids is 2. The summed E-state index contributed by atoms with van der Waals surface area (Å²) >= 11 is 0. The topological polar surface area (TPSA) is 34.1 Å². The molecule has 0 spiro atoms. The lowest BCUT2D eigenvalue weighted by Gasteiger charge is -2.55. The van der Waals surface area contributed by atoms with Crippen LogP contribution in [0.25, 0.3) is 0 Å². The second kappa shape index (κ2) is 5.16. The van der Waals surface area contributed by atoms with E-state index < -0.39 is 0 Å². The Kier molecular flexibility index (Phi) is 3.44. The zero-order valence-corrected chi connectivity index (χ0v) is 14.6. The molecule has 4 rings (SSSR count). The Hall–Kier alpha value is -1.18. The van der Waals surface area contributed by atoms with Gasteiger partial charge in [-0.25, -0.2) is 0 Å². The minimum atomic E-state index is -0.0498. The molecule has 2 heteroatoms. The molecule has 3 saturated carbocycles. The smallest absolute Gasteiger partial charge is 0.159 e. The molecule has 23 heavy (non-hydrogen) atoms. The number of fused-ring (bicyclic) bond motifs is 5. The van der Waals surface area contributed by atoms with Gasteiger partial charge in [-0.1, -0.05) is 25.5 Å². The molecule has 3 fully saturated rings. The molecule has 2 nitrogen and oxygen atoms in total. The van der Waals surface area contributed by atoms with E-state index >= 15 is 0 Å². The fraction of sp³-hybridized carbons (Fsp3) is 0.714. The van der Waals surface area contributed by atoms with Crippen molar-refractivity contribution in [3.63, 3.8) is 0 Å². The maximum absolute atomic E-state index is 12.8. The molecule has 4 unspecified atom stereocenters. The quantitative estimate of drug-likeness (QED) is 0.617. The summed E-state index contributed by atoms with van der Waals surface area (Å²) in [5.41, 5.74) is 2.45. The standard InChI is InChI=1S/C21H28O2/c1-4-13-5-6-15-16-11-19(23)18-10-14(22)7-8-21(18,3)17(16)9-12(2)20(13)15/h4,10,12,15-17,20H,5-9,11H2,1-3H3/t12-,15?,16?,17?,20?,21-/m1/s1. The maximum atomic E-state index is 12.8. The van der Waals surface area contributed by atoms with Crippen molar-refractivity contribution in [1.29, 1.82) is 0 Å². The van der Waals surface area contributed by atoms with Crippen LogP contribution in [-0.2, 0) is 9.59 Å². The van der Waals surface area contributed by atoms with Crippen LogP contribution in [0.2, 0.25) is 0 Å². The molecule has 4 aliphatic carbocycles. The maximum Gasteiger partial charge on any atom is 0.159 e. The number of rotatable bonds is 0. The zero-order chi connectivity index (χ0) is 16.4. The van der Waals surface area contributed by atoms with Gasteiger partial charge in [0.15, 0.2) is 11.6 Å². The zero-order valence-electron chi connectivity index (χ0n) is 14.6. The highest BCUT2D eigenvalue weighted by atomic mass is 16.1. The Balaban J connectivity index is 1.75. The molecule has 6 atom stereocenters. The predicted octanol–water partition coefficient (Wildman–Crippen LogP) is 4.50. The molecule has 124 valence electrons. The highest BCUT2D eigenvalue weighted by molar-refractivity contribution is 6.05. The van der Waals surface area contributed by atoms with Crippen LogP contribution < -0.4 is 0 Å². The Labute approximate surface area is 139 Å². The lowest BCUT2D eigenvalue weighted by Crippen LogP contribution is -2.51. The molecule has 0 aromatic rings.